The van der Waals surface area contributed by atoms with Gasteiger partial charge in [0.25, 0.3) is 0 Å². The third-order valence-corrected chi connectivity index (χ3v) is 7.52. The summed E-state index contributed by atoms with van der Waals surface area (Å²) in [4.78, 5) is 24.2. The third kappa shape index (κ3) is 4.93. The summed E-state index contributed by atoms with van der Waals surface area (Å²) >= 11 is 0. The molecule has 2 fully saturated rings. The van der Waals surface area contributed by atoms with Crippen molar-refractivity contribution in [3.05, 3.63) is 46.1 Å². The first kappa shape index (κ1) is 25.6. The number of aryl methyl sites for hydroxylation is 2. The maximum absolute atomic E-state index is 12.9. The minimum Gasteiger partial charge on any atom is -0.487 e. The van der Waals surface area contributed by atoms with Gasteiger partial charge in [0.05, 0.1) is 18.2 Å². The van der Waals surface area contributed by atoms with E-state index in [0.29, 0.717) is 43.0 Å². The number of anilines is 1. The minimum absolute atomic E-state index is 0.0420. The monoisotopic (exact) mass is 519 g/mol. The van der Waals surface area contributed by atoms with Gasteiger partial charge in [-0.1, -0.05) is 0 Å². The van der Waals surface area contributed by atoms with E-state index in [0.717, 1.165) is 43.1 Å². The van der Waals surface area contributed by atoms with Crippen LogP contribution in [-0.2, 0) is 24.5 Å². The number of alkyl halides is 3. The highest BCUT2D eigenvalue weighted by Gasteiger charge is 2.38. The smallest absolute Gasteiger partial charge is 0.416 e. The van der Waals surface area contributed by atoms with Gasteiger partial charge in [0.15, 0.2) is 5.82 Å². The van der Waals surface area contributed by atoms with Crippen LogP contribution in [0.5, 0.6) is 5.75 Å². The number of hydrogen-bond donors (Lipinski definition) is 0. The fourth-order valence-electron chi connectivity index (χ4n) is 5.58. The number of hydrogen-bond acceptors (Lipinski definition) is 6. The van der Waals surface area contributed by atoms with Crippen molar-refractivity contribution in [3.63, 3.8) is 0 Å². The summed E-state index contributed by atoms with van der Waals surface area (Å²) < 4.78 is 54.3. The molecule has 0 amide bonds. The van der Waals surface area contributed by atoms with E-state index in [4.69, 9.17) is 14.5 Å². The van der Waals surface area contributed by atoms with E-state index in [9.17, 15) is 18.0 Å². The summed E-state index contributed by atoms with van der Waals surface area (Å²) in [5.41, 5.74) is -0.231. The van der Waals surface area contributed by atoms with Crippen molar-refractivity contribution in [1.82, 2.24) is 19.1 Å². The number of rotatable bonds is 5. The second kappa shape index (κ2) is 9.34. The van der Waals surface area contributed by atoms with Crippen LogP contribution in [-0.4, -0.2) is 50.0 Å². The van der Waals surface area contributed by atoms with Crippen LogP contribution >= 0.6 is 0 Å². The summed E-state index contributed by atoms with van der Waals surface area (Å²) in [6.45, 7) is 7.87. The molecule has 2 aromatic heterocycles. The number of aromatic nitrogens is 4. The predicted octanol–water partition coefficient (Wildman–Crippen LogP) is 4.46. The molecule has 0 bridgehead atoms. The standard InChI is InChI=1S/C26H32F3N5O3/c1-16-14-25(3,37-19-9-7-18(8-10-19)26(27,28)29)11-12-33(16)22-21-23(32(4)24(35)31-22)34(17(2)30-21)15-20-6-5-13-36-20/h7-10,16,20H,5-6,11-15H2,1-4H3/t16-,20-,25-/m0/s1. The zero-order valence-corrected chi connectivity index (χ0v) is 21.5. The summed E-state index contributed by atoms with van der Waals surface area (Å²) in [5, 5.41) is 0. The fourth-order valence-corrected chi connectivity index (χ4v) is 5.58. The van der Waals surface area contributed by atoms with Crippen LogP contribution in [0.4, 0.5) is 19.0 Å². The quantitative estimate of drug-likeness (QED) is 0.496. The Balaban J connectivity index is 1.40. The Hall–Kier alpha value is -3.08. The molecule has 4 heterocycles. The van der Waals surface area contributed by atoms with Gasteiger partial charge in [0, 0.05) is 39.1 Å². The first-order chi connectivity index (χ1) is 17.4. The Morgan fingerprint density at radius 3 is 2.57 bits per heavy atom. The highest BCUT2D eigenvalue weighted by Crippen LogP contribution is 2.37. The minimum atomic E-state index is -4.39. The van der Waals surface area contributed by atoms with Gasteiger partial charge in [-0.3, -0.25) is 4.57 Å². The molecule has 200 valence electrons. The molecule has 37 heavy (non-hydrogen) atoms. The topological polar surface area (TPSA) is 74.4 Å². The van der Waals surface area contributed by atoms with Crippen LogP contribution in [0, 0.1) is 6.92 Å². The first-order valence-corrected chi connectivity index (χ1v) is 12.6. The third-order valence-electron chi connectivity index (χ3n) is 7.52. The number of benzene rings is 1. The molecule has 3 atom stereocenters. The number of imidazole rings is 1. The normalized spacial score (nSPS) is 24.7. The second-order valence-electron chi connectivity index (χ2n) is 10.4. The Bertz CT molecular complexity index is 1340. The van der Waals surface area contributed by atoms with E-state index in [-0.39, 0.29) is 17.8 Å². The lowest BCUT2D eigenvalue weighted by molar-refractivity contribution is -0.137. The van der Waals surface area contributed by atoms with Gasteiger partial charge in [0.2, 0.25) is 0 Å². The van der Waals surface area contributed by atoms with Gasteiger partial charge < -0.3 is 18.9 Å². The molecule has 0 N–H and O–H groups in total. The molecule has 2 aliphatic heterocycles. The van der Waals surface area contributed by atoms with Crippen molar-refractivity contribution in [2.24, 2.45) is 7.05 Å². The number of halogens is 3. The molecule has 5 rings (SSSR count). The number of piperidine rings is 1. The first-order valence-electron chi connectivity index (χ1n) is 12.6. The number of nitrogens with zero attached hydrogens (tertiary/aromatic N) is 5. The van der Waals surface area contributed by atoms with Gasteiger partial charge in [-0.15, -0.1) is 0 Å². The molecule has 11 heteroatoms. The number of ether oxygens (including phenoxy) is 2. The Labute approximate surface area is 213 Å². The van der Waals surface area contributed by atoms with Gasteiger partial charge in [-0.25, -0.2) is 9.78 Å². The van der Waals surface area contributed by atoms with Crippen molar-refractivity contribution >= 4 is 17.0 Å². The van der Waals surface area contributed by atoms with Crippen LogP contribution in [0.25, 0.3) is 11.2 Å². The lowest BCUT2D eigenvalue weighted by Gasteiger charge is -2.44. The molecular weight excluding hydrogens is 487 g/mol. The molecule has 0 aliphatic carbocycles. The van der Waals surface area contributed by atoms with E-state index in [1.165, 1.54) is 12.1 Å². The van der Waals surface area contributed by atoms with Crippen molar-refractivity contribution in [3.8, 4) is 5.75 Å². The molecule has 0 radical (unpaired) electrons. The summed E-state index contributed by atoms with van der Waals surface area (Å²) in [6.07, 6.45) is -1.08. The van der Waals surface area contributed by atoms with E-state index in [1.54, 1.807) is 11.6 Å². The van der Waals surface area contributed by atoms with Crippen LogP contribution in [0.1, 0.15) is 50.9 Å². The second-order valence-corrected chi connectivity index (χ2v) is 10.4. The van der Waals surface area contributed by atoms with Crippen molar-refractivity contribution in [2.45, 2.75) is 76.9 Å². The summed E-state index contributed by atoms with van der Waals surface area (Å²) in [6, 6.07) is 4.75. The fraction of sp³-hybridized carbons (Fsp3) is 0.577. The maximum atomic E-state index is 12.9. The maximum Gasteiger partial charge on any atom is 0.416 e. The molecule has 2 saturated heterocycles. The van der Waals surface area contributed by atoms with Crippen molar-refractivity contribution < 1.29 is 22.6 Å². The van der Waals surface area contributed by atoms with Crippen LogP contribution in [0.3, 0.4) is 0 Å². The average Bonchev–Trinajstić information content (AvgIpc) is 3.45. The van der Waals surface area contributed by atoms with E-state index >= 15 is 0 Å². The molecule has 0 unspecified atom stereocenters. The van der Waals surface area contributed by atoms with E-state index in [1.807, 2.05) is 25.3 Å². The van der Waals surface area contributed by atoms with Crippen molar-refractivity contribution in [1.29, 1.82) is 0 Å². The van der Waals surface area contributed by atoms with Gasteiger partial charge in [0.1, 0.15) is 28.3 Å². The highest BCUT2D eigenvalue weighted by atomic mass is 19.4. The average molecular weight is 520 g/mol. The van der Waals surface area contributed by atoms with E-state index < -0.39 is 17.3 Å². The Kier molecular flexibility index (Phi) is 6.45. The van der Waals surface area contributed by atoms with Gasteiger partial charge in [-0.05, 0) is 57.9 Å². The molecule has 1 aromatic carbocycles. The predicted molar refractivity (Wildman–Crippen MR) is 133 cm³/mol. The van der Waals surface area contributed by atoms with Gasteiger partial charge >= 0.3 is 11.9 Å². The largest absolute Gasteiger partial charge is 0.487 e. The summed E-state index contributed by atoms with van der Waals surface area (Å²) in [7, 11) is 1.71. The number of fused-ring (bicyclic) bond motifs is 1. The zero-order chi connectivity index (χ0) is 26.5. The lowest BCUT2D eigenvalue weighted by atomic mass is 9.88. The van der Waals surface area contributed by atoms with Crippen LogP contribution in [0.15, 0.2) is 29.1 Å². The molecule has 0 spiro atoms. The van der Waals surface area contributed by atoms with Crippen molar-refractivity contribution in [2.75, 3.05) is 18.1 Å². The molecule has 2 aliphatic rings. The van der Waals surface area contributed by atoms with Gasteiger partial charge in [-0.2, -0.15) is 18.2 Å². The molecular formula is C26H32F3N5O3. The Morgan fingerprint density at radius 2 is 1.95 bits per heavy atom. The molecule has 8 nitrogen and oxygen atoms in total. The van der Waals surface area contributed by atoms with Crippen LogP contribution < -0.4 is 15.3 Å². The Morgan fingerprint density at radius 1 is 1.22 bits per heavy atom. The molecule has 3 aromatic rings. The highest BCUT2D eigenvalue weighted by molar-refractivity contribution is 5.84. The zero-order valence-electron chi connectivity index (χ0n) is 21.5. The molecule has 0 saturated carbocycles. The van der Waals surface area contributed by atoms with E-state index in [2.05, 4.69) is 9.88 Å². The SMILES string of the molecule is Cc1nc2c(N3CC[C@](C)(Oc4ccc(C(F)(F)F)cc4)C[C@@H]3C)nc(=O)n(C)c2n1C[C@@H]1CCCO1. The lowest BCUT2D eigenvalue weighted by Crippen LogP contribution is -2.51. The van der Waals surface area contributed by atoms with Crippen LogP contribution in [0.2, 0.25) is 0 Å². The summed E-state index contributed by atoms with van der Waals surface area (Å²) in [5.74, 6) is 1.75.